The van der Waals surface area contributed by atoms with E-state index in [1.165, 1.54) is 11.8 Å². The standard InChI is InChI=1S/C29H32Cl2N2O2S/c1-2-3-16-32-29(35)27(18-22-10-5-4-6-11-22)33(19-24-13-7-8-15-26(24)31)28(34)21-36-20-23-12-9-14-25(30)17-23/h4-15,17,27H,2-3,16,18-21H2,1H3,(H,32,35)/t27-/m0/s1. The van der Waals surface area contributed by atoms with Gasteiger partial charge in [0.25, 0.3) is 0 Å². The van der Waals surface area contributed by atoms with Gasteiger partial charge in [-0.25, -0.2) is 0 Å². The highest BCUT2D eigenvalue weighted by Crippen LogP contribution is 2.22. The molecule has 7 heteroatoms. The molecule has 190 valence electrons. The van der Waals surface area contributed by atoms with Gasteiger partial charge in [0, 0.05) is 35.3 Å². The van der Waals surface area contributed by atoms with Crippen LogP contribution in [0.25, 0.3) is 0 Å². The fourth-order valence-electron chi connectivity index (χ4n) is 3.84. The van der Waals surface area contributed by atoms with Gasteiger partial charge >= 0.3 is 0 Å². The first-order valence-electron chi connectivity index (χ1n) is 12.1. The molecule has 0 saturated heterocycles. The van der Waals surface area contributed by atoms with E-state index in [0.29, 0.717) is 28.8 Å². The van der Waals surface area contributed by atoms with Gasteiger partial charge in [-0.1, -0.05) is 97.2 Å². The molecule has 0 unspecified atom stereocenters. The summed E-state index contributed by atoms with van der Waals surface area (Å²) in [6.07, 6.45) is 2.29. The van der Waals surface area contributed by atoms with Gasteiger partial charge in [0.2, 0.25) is 11.8 Å². The van der Waals surface area contributed by atoms with Crippen molar-refractivity contribution in [2.24, 2.45) is 0 Å². The second-order valence-electron chi connectivity index (χ2n) is 8.59. The summed E-state index contributed by atoms with van der Waals surface area (Å²) < 4.78 is 0. The van der Waals surface area contributed by atoms with Crippen LogP contribution in [-0.2, 0) is 28.3 Å². The molecule has 4 nitrogen and oxygen atoms in total. The zero-order valence-electron chi connectivity index (χ0n) is 20.5. The summed E-state index contributed by atoms with van der Waals surface area (Å²) in [5.41, 5.74) is 2.86. The van der Waals surface area contributed by atoms with Gasteiger partial charge in [-0.05, 0) is 41.3 Å². The number of carbonyl (C=O) groups is 2. The smallest absolute Gasteiger partial charge is 0.243 e. The van der Waals surface area contributed by atoms with E-state index in [1.54, 1.807) is 11.0 Å². The molecule has 0 fully saturated rings. The molecule has 0 aliphatic rings. The molecule has 1 atom stereocenters. The molecular weight excluding hydrogens is 511 g/mol. The average molecular weight is 544 g/mol. The van der Waals surface area contributed by atoms with Gasteiger partial charge in [-0.2, -0.15) is 0 Å². The van der Waals surface area contributed by atoms with Gasteiger partial charge in [-0.3, -0.25) is 9.59 Å². The second kappa shape index (κ2) is 14.9. The van der Waals surface area contributed by atoms with E-state index < -0.39 is 6.04 Å². The van der Waals surface area contributed by atoms with Crippen molar-refractivity contribution in [2.75, 3.05) is 12.3 Å². The Labute approximate surface area is 228 Å². The fourth-order valence-corrected chi connectivity index (χ4v) is 5.10. The van der Waals surface area contributed by atoms with Crippen LogP contribution in [0.3, 0.4) is 0 Å². The number of nitrogens with one attached hydrogen (secondary N) is 1. The molecule has 0 aliphatic heterocycles. The monoisotopic (exact) mass is 542 g/mol. The summed E-state index contributed by atoms with van der Waals surface area (Å²) in [6, 6.07) is 24.2. The van der Waals surface area contributed by atoms with E-state index in [2.05, 4.69) is 12.2 Å². The molecule has 0 radical (unpaired) electrons. The lowest BCUT2D eigenvalue weighted by Crippen LogP contribution is -2.51. The predicted octanol–water partition coefficient (Wildman–Crippen LogP) is 6.78. The van der Waals surface area contributed by atoms with E-state index in [9.17, 15) is 9.59 Å². The molecule has 3 rings (SSSR count). The van der Waals surface area contributed by atoms with Crippen LogP contribution >= 0.6 is 35.0 Å². The number of rotatable bonds is 13. The van der Waals surface area contributed by atoms with Gasteiger partial charge < -0.3 is 10.2 Å². The number of hydrogen-bond acceptors (Lipinski definition) is 3. The van der Waals surface area contributed by atoms with Crippen molar-refractivity contribution in [1.29, 1.82) is 0 Å². The van der Waals surface area contributed by atoms with Crippen molar-refractivity contribution < 1.29 is 9.59 Å². The number of halogens is 2. The zero-order valence-corrected chi connectivity index (χ0v) is 22.8. The third-order valence-corrected chi connectivity index (χ3v) is 7.37. The van der Waals surface area contributed by atoms with Crippen LogP contribution < -0.4 is 5.32 Å². The summed E-state index contributed by atoms with van der Waals surface area (Å²) in [7, 11) is 0. The predicted molar refractivity (Wildman–Crippen MR) is 151 cm³/mol. The largest absolute Gasteiger partial charge is 0.354 e. The van der Waals surface area contributed by atoms with Crippen molar-refractivity contribution in [3.05, 3.63) is 106 Å². The summed E-state index contributed by atoms with van der Waals surface area (Å²) in [4.78, 5) is 28.7. The van der Waals surface area contributed by atoms with Crippen molar-refractivity contribution in [1.82, 2.24) is 10.2 Å². The molecule has 0 aliphatic carbocycles. The maximum absolute atomic E-state index is 13.6. The van der Waals surface area contributed by atoms with E-state index in [1.807, 2.05) is 72.8 Å². The molecule has 0 heterocycles. The number of amides is 2. The molecule has 36 heavy (non-hydrogen) atoms. The molecular formula is C29H32Cl2N2O2S. The first-order valence-corrected chi connectivity index (χ1v) is 14.1. The van der Waals surface area contributed by atoms with Crippen LogP contribution in [0, 0.1) is 0 Å². The summed E-state index contributed by atoms with van der Waals surface area (Å²) in [5, 5.41) is 4.29. The maximum atomic E-state index is 13.6. The van der Waals surface area contributed by atoms with Gasteiger partial charge in [0.15, 0.2) is 0 Å². The number of hydrogen-bond donors (Lipinski definition) is 1. The Bertz CT molecular complexity index is 1130. The SMILES string of the molecule is CCCCNC(=O)[C@H](Cc1ccccc1)N(Cc1ccccc1Cl)C(=O)CSCc1cccc(Cl)c1. The molecule has 3 aromatic rings. The van der Waals surface area contributed by atoms with Crippen molar-refractivity contribution >= 4 is 46.8 Å². The molecule has 2 amide bonds. The Hall–Kier alpha value is -2.47. The van der Waals surface area contributed by atoms with Crippen LogP contribution in [0.15, 0.2) is 78.9 Å². The van der Waals surface area contributed by atoms with E-state index in [0.717, 1.165) is 29.5 Å². The van der Waals surface area contributed by atoms with Crippen LogP contribution in [0.5, 0.6) is 0 Å². The molecule has 0 aromatic heterocycles. The topological polar surface area (TPSA) is 49.4 Å². The van der Waals surface area contributed by atoms with Crippen LogP contribution in [0.4, 0.5) is 0 Å². The molecule has 0 bridgehead atoms. The Kier molecular flexibility index (Phi) is 11.7. The Balaban J connectivity index is 1.84. The lowest BCUT2D eigenvalue weighted by Gasteiger charge is -2.32. The number of unbranched alkanes of at least 4 members (excludes halogenated alkanes) is 1. The van der Waals surface area contributed by atoms with Crippen molar-refractivity contribution in [2.45, 2.75) is 44.5 Å². The van der Waals surface area contributed by atoms with Crippen molar-refractivity contribution in [3.8, 4) is 0 Å². The van der Waals surface area contributed by atoms with Crippen LogP contribution in [-0.4, -0.2) is 35.1 Å². The minimum Gasteiger partial charge on any atom is -0.354 e. The highest BCUT2D eigenvalue weighted by atomic mass is 35.5. The van der Waals surface area contributed by atoms with E-state index >= 15 is 0 Å². The summed E-state index contributed by atoms with van der Waals surface area (Å²) >= 11 is 14.1. The number of benzene rings is 3. The highest BCUT2D eigenvalue weighted by Gasteiger charge is 2.30. The first-order chi connectivity index (χ1) is 17.5. The van der Waals surface area contributed by atoms with Crippen molar-refractivity contribution in [3.63, 3.8) is 0 Å². The van der Waals surface area contributed by atoms with Gasteiger partial charge in [-0.15, -0.1) is 11.8 Å². The Morgan fingerprint density at radius 3 is 2.39 bits per heavy atom. The normalized spacial score (nSPS) is 11.6. The summed E-state index contributed by atoms with van der Waals surface area (Å²) in [6.45, 7) is 2.92. The third kappa shape index (κ3) is 8.88. The number of carbonyl (C=O) groups excluding carboxylic acids is 2. The van der Waals surface area contributed by atoms with Gasteiger partial charge in [0.1, 0.15) is 6.04 Å². The Morgan fingerprint density at radius 2 is 1.67 bits per heavy atom. The second-order valence-corrected chi connectivity index (χ2v) is 10.4. The third-order valence-electron chi connectivity index (χ3n) is 5.78. The van der Waals surface area contributed by atoms with Gasteiger partial charge in [0.05, 0.1) is 5.75 Å². The van der Waals surface area contributed by atoms with E-state index in [4.69, 9.17) is 23.2 Å². The Morgan fingerprint density at radius 1 is 0.944 bits per heavy atom. The quantitative estimate of drug-likeness (QED) is 0.242. The maximum Gasteiger partial charge on any atom is 0.243 e. The number of nitrogens with zero attached hydrogens (tertiary/aromatic N) is 1. The summed E-state index contributed by atoms with van der Waals surface area (Å²) in [5.74, 6) is 0.643. The lowest BCUT2D eigenvalue weighted by atomic mass is 10.0. The molecule has 1 N–H and O–H groups in total. The molecule has 0 spiro atoms. The number of thioether (sulfide) groups is 1. The first kappa shape index (κ1) is 28.1. The fraction of sp³-hybridized carbons (Fsp3) is 0.310. The van der Waals surface area contributed by atoms with Crippen LogP contribution in [0.2, 0.25) is 10.0 Å². The highest BCUT2D eigenvalue weighted by molar-refractivity contribution is 7.99. The minimum absolute atomic E-state index is 0.103. The zero-order chi connectivity index (χ0) is 25.8. The lowest BCUT2D eigenvalue weighted by molar-refractivity contribution is -0.139. The molecule has 3 aromatic carbocycles. The average Bonchev–Trinajstić information content (AvgIpc) is 2.88. The molecule has 0 saturated carbocycles. The van der Waals surface area contributed by atoms with E-state index in [-0.39, 0.29) is 24.1 Å². The van der Waals surface area contributed by atoms with Crippen LogP contribution in [0.1, 0.15) is 36.5 Å². The minimum atomic E-state index is -0.653.